The molecule has 2 atom stereocenters. The summed E-state index contributed by atoms with van der Waals surface area (Å²) >= 11 is 6.31. The molecule has 2 aliphatic heterocycles. The van der Waals surface area contributed by atoms with E-state index in [1.807, 2.05) is 13.8 Å². The van der Waals surface area contributed by atoms with Gasteiger partial charge in [-0.05, 0) is 50.0 Å². The Balaban J connectivity index is 0.00000124. The summed E-state index contributed by atoms with van der Waals surface area (Å²) in [6.07, 6.45) is 5.99. The number of carbonyl (C=O) groups is 1. The number of anilines is 2. The standard InChI is InChI=1S/C20H24N4O2S2.C2H6/c1-26-20(25)14-4-8-24(9-5-15(27)11-14)12-13-2-3-17-16(10-13)23-18-19(28-17)22-7-6-21-18;1-2/h2-3,6-7,10,14-15,27H,4-5,8-9,11-12H2,1H3,(H,21,23);1-2H3. The minimum atomic E-state index is -0.115. The van der Waals surface area contributed by atoms with E-state index in [1.165, 1.54) is 12.7 Å². The van der Waals surface area contributed by atoms with Crippen molar-refractivity contribution in [2.24, 2.45) is 5.92 Å². The summed E-state index contributed by atoms with van der Waals surface area (Å²) in [7, 11) is 1.47. The molecule has 0 spiro atoms. The molecule has 6 nitrogen and oxygen atoms in total. The zero-order valence-electron chi connectivity index (χ0n) is 17.8. The minimum Gasteiger partial charge on any atom is -0.469 e. The van der Waals surface area contributed by atoms with E-state index in [0.29, 0.717) is 0 Å². The maximum atomic E-state index is 12.0. The molecule has 2 aromatic rings. The number of nitrogens with zero attached hydrogens (tertiary/aromatic N) is 3. The Kier molecular flexibility index (Phi) is 8.41. The van der Waals surface area contributed by atoms with Crippen LogP contribution >= 0.6 is 24.4 Å². The van der Waals surface area contributed by atoms with Crippen molar-refractivity contribution in [2.75, 3.05) is 25.5 Å². The fraction of sp³-hybridized carbons (Fsp3) is 0.500. The smallest absolute Gasteiger partial charge is 0.308 e. The number of benzene rings is 1. The summed E-state index contributed by atoms with van der Waals surface area (Å²) in [6, 6.07) is 6.50. The number of likely N-dealkylation sites (tertiary alicyclic amines) is 1. The first-order valence-electron chi connectivity index (χ1n) is 10.5. The summed E-state index contributed by atoms with van der Waals surface area (Å²) < 4.78 is 4.97. The average molecular weight is 447 g/mol. The minimum absolute atomic E-state index is 0.0630. The van der Waals surface area contributed by atoms with Crippen molar-refractivity contribution in [1.29, 1.82) is 0 Å². The number of thiol groups is 1. The quantitative estimate of drug-likeness (QED) is 0.443. The summed E-state index contributed by atoms with van der Waals surface area (Å²) in [6.45, 7) is 6.71. The van der Waals surface area contributed by atoms with Gasteiger partial charge in [0.25, 0.3) is 0 Å². The number of hydrogen-bond donors (Lipinski definition) is 2. The first-order chi connectivity index (χ1) is 14.6. The molecule has 1 fully saturated rings. The van der Waals surface area contributed by atoms with Crippen LogP contribution in [0.4, 0.5) is 11.5 Å². The van der Waals surface area contributed by atoms with Crippen LogP contribution in [0.15, 0.2) is 40.5 Å². The normalized spacial score (nSPS) is 20.9. The van der Waals surface area contributed by atoms with E-state index in [-0.39, 0.29) is 17.1 Å². The SMILES string of the molecule is CC.COC(=O)C1CCN(Cc2ccc3c(c2)Nc2nccnc2S3)CCC(S)C1. The van der Waals surface area contributed by atoms with Crippen molar-refractivity contribution >= 4 is 41.9 Å². The van der Waals surface area contributed by atoms with Gasteiger partial charge in [0, 0.05) is 29.1 Å². The molecule has 2 aliphatic rings. The van der Waals surface area contributed by atoms with Crippen molar-refractivity contribution in [3.8, 4) is 0 Å². The van der Waals surface area contributed by atoms with Crippen molar-refractivity contribution in [1.82, 2.24) is 14.9 Å². The molecular weight excluding hydrogens is 416 g/mol. The number of carbonyl (C=O) groups excluding carboxylic acids is 1. The highest BCUT2D eigenvalue weighted by Crippen LogP contribution is 2.42. The molecule has 4 rings (SSSR count). The maximum Gasteiger partial charge on any atom is 0.308 e. The second-order valence-corrected chi connectivity index (χ2v) is 8.99. The van der Waals surface area contributed by atoms with Crippen molar-refractivity contribution in [3.05, 3.63) is 36.2 Å². The van der Waals surface area contributed by atoms with Crippen molar-refractivity contribution < 1.29 is 9.53 Å². The molecule has 162 valence electrons. The molecule has 0 radical (unpaired) electrons. The maximum absolute atomic E-state index is 12.0. The largest absolute Gasteiger partial charge is 0.469 e. The highest BCUT2D eigenvalue weighted by Gasteiger charge is 2.26. The fourth-order valence-corrected chi connectivity index (χ4v) is 4.97. The van der Waals surface area contributed by atoms with E-state index in [2.05, 4.69) is 51.0 Å². The number of fused-ring (bicyclic) bond motifs is 2. The average Bonchev–Trinajstić information content (AvgIpc) is 2.77. The number of nitrogens with one attached hydrogen (secondary N) is 1. The number of esters is 1. The summed E-state index contributed by atoms with van der Waals surface area (Å²) in [4.78, 5) is 24.3. The molecule has 0 saturated carbocycles. The van der Waals surface area contributed by atoms with E-state index >= 15 is 0 Å². The van der Waals surface area contributed by atoms with E-state index in [9.17, 15) is 4.79 Å². The van der Waals surface area contributed by atoms with E-state index < -0.39 is 0 Å². The molecule has 2 unspecified atom stereocenters. The van der Waals surface area contributed by atoms with Crippen molar-refractivity contribution in [2.45, 2.75) is 54.8 Å². The zero-order chi connectivity index (χ0) is 21.5. The van der Waals surface area contributed by atoms with Crippen LogP contribution in [0.3, 0.4) is 0 Å². The van der Waals surface area contributed by atoms with Crippen LogP contribution in [0.2, 0.25) is 0 Å². The van der Waals surface area contributed by atoms with Gasteiger partial charge in [-0.1, -0.05) is 31.7 Å². The van der Waals surface area contributed by atoms with E-state index in [4.69, 9.17) is 4.74 Å². The van der Waals surface area contributed by atoms with Crippen LogP contribution in [-0.4, -0.2) is 46.3 Å². The number of rotatable bonds is 3. The highest BCUT2D eigenvalue weighted by atomic mass is 32.2. The van der Waals surface area contributed by atoms with Crippen LogP contribution in [0.5, 0.6) is 0 Å². The summed E-state index contributed by atoms with van der Waals surface area (Å²) in [5, 5.41) is 4.52. The van der Waals surface area contributed by atoms with E-state index in [1.54, 1.807) is 24.2 Å². The third-order valence-electron chi connectivity index (χ3n) is 5.24. The molecule has 3 heterocycles. The van der Waals surface area contributed by atoms with Gasteiger partial charge in [-0.15, -0.1) is 0 Å². The molecule has 0 aliphatic carbocycles. The molecule has 0 amide bonds. The Morgan fingerprint density at radius 2 is 2.03 bits per heavy atom. The first-order valence-corrected chi connectivity index (χ1v) is 11.8. The van der Waals surface area contributed by atoms with Crippen LogP contribution in [-0.2, 0) is 16.1 Å². The van der Waals surface area contributed by atoms with Crippen LogP contribution in [0, 0.1) is 5.92 Å². The van der Waals surface area contributed by atoms with Gasteiger partial charge in [-0.25, -0.2) is 9.97 Å². The summed E-state index contributed by atoms with van der Waals surface area (Å²) in [5.74, 6) is 0.630. The molecule has 1 aromatic heterocycles. The number of aromatic nitrogens is 2. The molecular formula is C22H30N4O2S2. The third-order valence-corrected chi connectivity index (χ3v) is 6.78. The Hall–Kier alpha value is -1.77. The lowest BCUT2D eigenvalue weighted by Gasteiger charge is -2.30. The molecule has 1 saturated heterocycles. The second kappa shape index (κ2) is 11.0. The topological polar surface area (TPSA) is 67.3 Å². The number of methoxy groups -OCH3 is 1. The van der Waals surface area contributed by atoms with Gasteiger partial charge in [0.1, 0.15) is 5.03 Å². The highest BCUT2D eigenvalue weighted by molar-refractivity contribution is 7.99. The Morgan fingerprint density at radius 3 is 2.83 bits per heavy atom. The molecule has 1 N–H and O–H groups in total. The lowest BCUT2D eigenvalue weighted by atomic mass is 9.95. The van der Waals surface area contributed by atoms with Crippen molar-refractivity contribution in [3.63, 3.8) is 0 Å². The Labute approximate surface area is 188 Å². The zero-order valence-corrected chi connectivity index (χ0v) is 19.5. The molecule has 30 heavy (non-hydrogen) atoms. The number of ether oxygens (including phenoxy) is 1. The monoisotopic (exact) mass is 446 g/mol. The first kappa shape index (κ1) is 22.9. The lowest BCUT2D eigenvalue weighted by Crippen LogP contribution is -2.34. The molecule has 8 heteroatoms. The summed E-state index contributed by atoms with van der Waals surface area (Å²) in [5.41, 5.74) is 2.31. The second-order valence-electron chi connectivity index (χ2n) is 7.23. The van der Waals surface area contributed by atoms with Gasteiger partial charge in [0.15, 0.2) is 5.82 Å². The van der Waals surface area contributed by atoms with Crippen LogP contribution in [0.25, 0.3) is 0 Å². The Morgan fingerprint density at radius 1 is 1.27 bits per heavy atom. The van der Waals surface area contributed by atoms with Crippen LogP contribution in [0.1, 0.15) is 38.7 Å². The fourth-order valence-electron chi connectivity index (χ4n) is 3.72. The van der Waals surface area contributed by atoms with Gasteiger partial charge in [0.05, 0.1) is 18.7 Å². The van der Waals surface area contributed by atoms with Gasteiger partial charge in [0.2, 0.25) is 0 Å². The van der Waals surface area contributed by atoms with Gasteiger partial charge in [-0.3, -0.25) is 9.69 Å². The Bertz CT molecular complexity index is 865. The molecule has 1 aromatic carbocycles. The van der Waals surface area contributed by atoms with E-state index in [0.717, 1.165) is 60.3 Å². The lowest BCUT2D eigenvalue weighted by molar-refractivity contribution is -0.146. The van der Waals surface area contributed by atoms with Gasteiger partial charge >= 0.3 is 5.97 Å². The number of hydrogen-bond acceptors (Lipinski definition) is 8. The third kappa shape index (κ3) is 5.68. The van der Waals surface area contributed by atoms with Crippen LogP contribution < -0.4 is 5.32 Å². The molecule has 0 bridgehead atoms. The van der Waals surface area contributed by atoms with Gasteiger partial charge in [-0.2, -0.15) is 12.6 Å². The van der Waals surface area contributed by atoms with Gasteiger partial charge < -0.3 is 10.1 Å². The predicted octanol–water partition coefficient (Wildman–Crippen LogP) is 4.78. The predicted molar refractivity (Wildman–Crippen MR) is 125 cm³/mol.